The SMILES string of the molecule is CC(=O)c1cccc(Nc2ncnc(NC3CCCC3)c2[N+](=O)[O-])c1. The molecule has 0 radical (unpaired) electrons. The maximum absolute atomic E-state index is 11.6. The van der Waals surface area contributed by atoms with Crippen LogP contribution in [-0.2, 0) is 0 Å². The van der Waals surface area contributed by atoms with Crippen LogP contribution in [0.2, 0.25) is 0 Å². The number of hydrogen-bond donors (Lipinski definition) is 2. The summed E-state index contributed by atoms with van der Waals surface area (Å²) >= 11 is 0. The number of Topliss-reactive ketones (excluding diaryl/α,β-unsaturated/α-hetero) is 1. The van der Waals surface area contributed by atoms with Crippen molar-refractivity contribution in [3.05, 3.63) is 46.3 Å². The van der Waals surface area contributed by atoms with Crippen molar-refractivity contribution in [2.75, 3.05) is 10.6 Å². The van der Waals surface area contributed by atoms with Gasteiger partial charge in [-0.25, -0.2) is 9.97 Å². The highest BCUT2D eigenvalue weighted by Crippen LogP contribution is 2.33. The summed E-state index contributed by atoms with van der Waals surface area (Å²) < 4.78 is 0. The summed E-state index contributed by atoms with van der Waals surface area (Å²) in [5.74, 6) is 0.239. The van der Waals surface area contributed by atoms with Crippen molar-refractivity contribution in [2.24, 2.45) is 0 Å². The monoisotopic (exact) mass is 341 g/mol. The van der Waals surface area contributed by atoms with Crippen LogP contribution in [0.5, 0.6) is 0 Å². The van der Waals surface area contributed by atoms with Crippen molar-refractivity contribution in [3.8, 4) is 0 Å². The molecule has 1 fully saturated rings. The summed E-state index contributed by atoms with van der Waals surface area (Å²) in [5, 5.41) is 17.7. The Hall–Kier alpha value is -3.03. The Balaban J connectivity index is 1.91. The molecule has 8 nitrogen and oxygen atoms in total. The summed E-state index contributed by atoms with van der Waals surface area (Å²) in [6, 6.07) is 6.96. The van der Waals surface area contributed by atoms with Crippen molar-refractivity contribution in [2.45, 2.75) is 38.6 Å². The molecule has 8 heteroatoms. The minimum Gasteiger partial charge on any atom is -0.361 e. The van der Waals surface area contributed by atoms with Gasteiger partial charge in [-0.15, -0.1) is 0 Å². The van der Waals surface area contributed by atoms with Gasteiger partial charge in [-0.3, -0.25) is 14.9 Å². The number of carbonyl (C=O) groups is 1. The van der Waals surface area contributed by atoms with E-state index in [1.165, 1.54) is 13.3 Å². The molecule has 0 atom stereocenters. The molecule has 0 unspecified atom stereocenters. The largest absolute Gasteiger partial charge is 0.361 e. The number of anilines is 3. The third kappa shape index (κ3) is 3.90. The van der Waals surface area contributed by atoms with Gasteiger partial charge in [0.1, 0.15) is 6.33 Å². The lowest BCUT2D eigenvalue weighted by Crippen LogP contribution is -2.17. The van der Waals surface area contributed by atoms with Crippen LogP contribution in [0, 0.1) is 10.1 Å². The first-order valence-electron chi connectivity index (χ1n) is 8.18. The van der Waals surface area contributed by atoms with E-state index in [0.717, 1.165) is 25.7 Å². The molecule has 3 rings (SSSR count). The topological polar surface area (TPSA) is 110 Å². The van der Waals surface area contributed by atoms with E-state index in [9.17, 15) is 14.9 Å². The molecule has 1 saturated carbocycles. The summed E-state index contributed by atoms with van der Waals surface area (Å²) in [4.78, 5) is 30.7. The predicted octanol–water partition coefficient (Wildman–Crippen LogP) is 3.69. The third-order valence-corrected chi connectivity index (χ3v) is 4.23. The maximum Gasteiger partial charge on any atom is 0.353 e. The number of nitro groups is 1. The number of aromatic nitrogens is 2. The number of hydrogen-bond acceptors (Lipinski definition) is 7. The van der Waals surface area contributed by atoms with Gasteiger partial charge in [-0.05, 0) is 31.9 Å². The second-order valence-corrected chi connectivity index (χ2v) is 6.06. The molecule has 25 heavy (non-hydrogen) atoms. The zero-order chi connectivity index (χ0) is 17.8. The average molecular weight is 341 g/mol. The van der Waals surface area contributed by atoms with E-state index in [1.807, 2.05) is 0 Å². The van der Waals surface area contributed by atoms with E-state index in [1.54, 1.807) is 24.3 Å². The van der Waals surface area contributed by atoms with Gasteiger partial charge < -0.3 is 10.6 Å². The van der Waals surface area contributed by atoms with Gasteiger partial charge in [0.2, 0.25) is 11.6 Å². The lowest BCUT2D eigenvalue weighted by molar-refractivity contribution is -0.383. The minimum absolute atomic E-state index is 0.0792. The number of nitrogens with one attached hydrogen (secondary N) is 2. The second-order valence-electron chi connectivity index (χ2n) is 6.06. The number of benzene rings is 1. The molecule has 0 bridgehead atoms. The van der Waals surface area contributed by atoms with Crippen molar-refractivity contribution in [1.82, 2.24) is 9.97 Å². The van der Waals surface area contributed by atoms with Gasteiger partial charge >= 0.3 is 5.69 Å². The fourth-order valence-corrected chi connectivity index (χ4v) is 2.96. The van der Waals surface area contributed by atoms with Crippen LogP contribution in [0.1, 0.15) is 43.0 Å². The lowest BCUT2D eigenvalue weighted by Gasteiger charge is -2.14. The molecule has 1 aliphatic rings. The summed E-state index contributed by atoms with van der Waals surface area (Å²) in [7, 11) is 0. The van der Waals surface area contributed by atoms with Crippen LogP contribution >= 0.6 is 0 Å². The van der Waals surface area contributed by atoms with Crippen LogP contribution in [0.4, 0.5) is 23.0 Å². The van der Waals surface area contributed by atoms with Crippen molar-refractivity contribution >= 4 is 28.8 Å². The van der Waals surface area contributed by atoms with E-state index in [2.05, 4.69) is 20.6 Å². The van der Waals surface area contributed by atoms with Gasteiger partial charge in [0.15, 0.2) is 5.78 Å². The Bertz CT molecular complexity index is 803. The van der Waals surface area contributed by atoms with Crippen molar-refractivity contribution < 1.29 is 9.72 Å². The Morgan fingerprint density at radius 3 is 2.64 bits per heavy atom. The maximum atomic E-state index is 11.6. The molecule has 2 N–H and O–H groups in total. The third-order valence-electron chi connectivity index (χ3n) is 4.23. The Kier molecular flexibility index (Phi) is 4.87. The first kappa shape index (κ1) is 16.8. The van der Waals surface area contributed by atoms with Crippen LogP contribution < -0.4 is 10.6 Å². The van der Waals surface area contributed by atoms with Crippen molar-refractivity contribution in [3.63, 3.8) is 0 Å². The van der Waals surface area contributed by atoms with E-state index in [4.69, 9.17) is 0 Å². The Morgan fingerprint density at radius 2 is 1.96 bits per heavy atom. The molecule has 0 amide bonds. The molecule has 0 saturated heterocycles. The van der Waals surface area contributed by atoms with Gasteiger partial charge in [-0.2, -0.15) is 0 Å². The summed E-state index contributed by atoms with van der Waals surface area (Å²) in [6.45, 7) is 1.47. The molecule has 1 aromatic carbocycles. The number of ketones is 1. The van der Waals surface area contributed by atoms with Crippen LogP contribution in [0.25, 0.3) is 0 Å². The molecule has 130 valence electrons. The molecule has 0 spiro atoms. The number of nitrogens with zero attached hydrogens (tertiary/aromatic N) is 3. The molecule has 1 aliphatic carbocycles. The first-order valence-corrected chi connectivity index (χ1v) is 8.18. The van der Waals surface area contributed by atoms with Crippen LogP contribution in [-0.4, -0.2) is 26.7 Å². The van der Waals surface area contributed by atoms with E-state index < -0.39 is 4.92 Å². The number of carbonyl (C=O) groups excluding carboxylic acids is 1. The zero-order valence-electron chi connectivity index (χ0n) is 13.9. The van der Waals surface area contributed by atoms with E-state index in [0.29, 0.717) is 11.3 Å². The first-order chi connectivity index (χ1) is 12.0. The number of rotatable bonds is 6. The standard InChI is InChI=1S/C17H19N5O3/c1-11(23)12-5-4-8-14(9-12)21-17-15(22(24)25)16(18-10-19-17)20-13-6-2-3-7-13/h4-5,8-10,13H,2-3,6-7H2,1H3,(H2,18,19,20,21). The second kappa shape index (κ2) is 7.25. The van der Waals surface area contributed by atoms with Gasteiger partial charge in [0.05, 0.1) is 4.92 Å². The molecule has 2 aromatic rings. The Morgan fingerprint density at radius 1 is 1.24 bits per heavy atom. The predicted molar refractivity (Wildman–Crippen MR) is 94.3 cm³/mol. The van der Waals surface area contributed by atoms with Crippen LogP contribution in [0.15, 0.2) is 30.6 Å². The highest BCUT2D eigenvalue weighted by atomic mass is 16.6. The normalized spacial score (nSPS) is 14.3. The Labute approximate surface area is 144 Å². The molecule has 0 aliphatic heterocycles. The van der Waals surface area contributed by atoms with Crippen LogP contribution in [0.3, 0.4) is 0 Å². The molecular weight excluding hydrogens is 322 g/mol. The molecular formula is C17H19N5O3. The average Bonchev–Trinajstić information content (AvgIpc) is 3.08. The van der Waals surface area contributed by atoms with Gasteiger partial charge in [0, 0.05) is 17.3 Å². The van der Waals surface area contributed by atoms with E-state index in [-0.39, 0.29) is 29.1 Å². The zero-order valence-corrected chi connectivity index (χ0v) is 13.9. The van der Waals surface area contributed by atoms with Gasteiger partial charge in [-0.1, -0.05) is 25.0 Å². The molecule has 1 heterocycles. The lowest BCUT2D eigenvalue weighted by atomic mass is 10.1. The summed E-state index contributed by atoms with van der Waals surface area (Å²) in [5.41, 5.74) is 0.884. The highest BCUT2D eigenvalue weighted by Gasteiger charge is 2.26. The highest BCUT2D eigenvalue weighted by molar-refractivity contribution is 5.95. The minimum atomic E-state index is -0.492. The van der Waals surface area contributed by atoms with Crippen molar-refractivity contribution in [1.29, 1.82) is 0 Å². The van der Waals surface area contributed by atoms with Gasteiger partial charge in [0.25, 0.3) is 0 Å². The fourth-order valence-electron chi connectivity index (χ4n) is 2.96. The quantitative estimate of drug-likeness (QED) is 0.468. The fraction of sp³-hybridized carbons (Fsp3) is 0.353. The van der Waals surface area contributed by atoms with E-state index >= 15 is 0 Å². The summed E-state index contributed by atoms with van der Waals surface area (Å²) in [6.07, 6.45) is 5.47. The smallest absolute Gasteiger partial charge is 0.353 e. The molecule has 1 aromatic heterocycles.